The minimum atomic E-state index is -0.207. The second-order valence-corrected chi connectivity index (χ2v) is 3.85. The van der Waals surface area contributed by atoms with Gasteiger partial charge in [0.05, 0.1) is 5.25 Å². The zero-order valence-electron chi connectivity index (χ0n) is 8.10. The highest BCUT2D eigenvalue weighted by Gasteiger charge is 2.12. The number of thiol groups is 1. The maximum absolute atomic E-state index is 13.5. The van der Waals surface area contributed by atoms with Crippen LogP contribution in [0.4, 0.5) is 4.39 Å². The lowest BCUT2D eigenvalue weighted by atomic mass is 10.0. The minimum absolute atomic E-state index is 0.201. The SMILES string of the molecule is Fc1ccccc1C(S)c1ccccc1. The van der Waals surface area contributed by atoms with Gasteiger partial charge in [0.15, 0.2) is 0 Å². The largest absolute Gasteiger partial charge is 0.207 e. The van der Waals surface area contributed by atoms with Gasteiger partial charge in [-0.25, -0.2) is 4.39 Å². The van der Waals surface area contributed by atoms with Crippen LogP contribution in [-0.2, 0) is 0 Å². The number of rotatable bonds is 2. The molecule has 2 heteroatoms. The molecule has 0 nitrogen and oxygen atoms in total. The zero-order chi connectivity index (χ0) is 10.7. The van der Waals surface area contributed by atoms with Crippen LogP contribution in [0, 0.1) is 5.82 Å². The molecule has 0 N–H and O–H groups in total. The van der Waals surface area contributed by atoms with Gasteiger partial charge in [-0.1, -0.05) is 48.5 Å². The Kier molecular flexibility index (Phi) is 3.07. The summed E-state index contributed by atoms with van der Waals surface area (Å²) in [6.07, 6.45) is 0. The normalized spacial score (nSPS) is 12.4. The van der Waals surface area contributed by atoms with Crippen molar-refractivity contribution < 1.29 is 4.39 Å². The van der Waals surface area contributed by atoms with Crippen molar-refractivity contribution in [1.29, 1.82) is 0 Å². The van der Waals surface area contributed by atoms with E-state index in [0.717, 1.165) is 5.56 Å². The first kappa shape index (κ1) is 10.2. The Morgan fingerprint density at radius 2 is 1.47 bits per heavy atom. The Hall–Kier alpha value is -1.28. The van der Waals surface area contributed by atoms with E-state index in [4.69, 9.17) is 0 Å². The fourth-order valence-electron chi connectivity index (χ4n) is 1.51. The van der Waals surface area contributed by atoms with E-state index in [9.17, 15) is 4.39 Å². The highest BCUT2D eigenvalue weighted by Crippen LogP contribution is 2.29. The van der Waals surface area contributed by atoms with Crippen molar-refractivity contribution in [2.45, 2.75) is 5.25 Å². The molecule has 0 saturated heterocycles. The summed E-state index contributed by atoms with van der Waals surface area (Å²) in [6.45, 7) is 0. The van der Waals surface area contributed by atoms with Crippen LogP contribution in [-0.4, -0.2) is 0 Å². The first-order valence-electron chi connectivity index (χ1n) is 4.76. The van der Waals surface area contributed by atoms with Crippen LogP contribution in [0.5, 0.6) is 0 Å². The molecule has 0 aromatic heterocycles. The average molecular weight is 218 g/mol. The van der Waals surface area contributed by atoms with Crippen molar-refractivity contribution in [2.24, 2.45) is 0 Å². The van der Waals surface area contributed by atoms with Gasteiger partial charge in [-0.15, -0.1) is 0 Å². The van der Waals surface area contributed by atoms with E-state index in [1.54, 1.807) is 12.1 Å². The smallest absolute Gasteiger partial charge is 0.127 e. The Morgan fingerprint density at radius 1 is 0.867 bits per heavy atom. The highest BCUT2D eigenvalue weighted by atomic mass is 32.1. The van der Waals surface area contributed by atoms with Crippen molar-refractivity contribution in [3.8, 4) is 0 Å². The maximum atomic E-state index is 13.5. The number of hydrogen-bond acceptors (Lipinski definition) is 1. The molecule has 0 radical (unpaired) electrons. The summed E-state index contributed by atoms with van der Waals surface area (Å²) >= 11 is 4.44. The predicted octanol–water partition coefficient (Wildman–Crippen LogP) is 3.84. The third-order valence-corrected chi connectivity index (χ3v) is 2.89. The molecule has 0 aliphatic carbocycles. The molecule has 0 saturated carbocycles. The van der Waals surface area contributed by atoms with Gasteiger partial charge >= 0.3 is 0 Å². The molecule has 0 aliphatic heterocycles. The third-order valence-electron chi connectivity index (χ3n) is 2.32. The van der Waals surface area contributed by atoms with Gasteiger partial charge in [0.2, 0.25) is 0 Å². The van der Waals surface area contributed by atoms with Crippen molar-refractivity contribution in [2.75, 3.05) is 0 Å². The van der Waals surface area contributed by atoms with Crippen LogP contribution in [0.3, 0.4) is 0 Å². The van der Waals surface area contributed by atoms with Gasteiger partial charge in [0, 0.05) is 5.56 Å². The minimum Gasteiger partial charge on any atom is -0.207 e. The number of benzene rings is 2. The second kappa shape index (κ2) is 4.49. The molecule has 0 amide bonds. The quantitative estimate of drug-likeness (QED) is 0.727. The lowest BCUT2D eigenvalue weighted by molar-refractivity contribution is 0.613. The Bertz CT molecular complexity index is 439. The molecule has 2 aromatic rings. The summed E-state index contributed by atoms with van der Waals surface area (Å²) < 4.78 is 13.5. The standard InChI is InChI=1S/C13H11FS/c14-12-9-5-4-8-11(12)13(15)10-6-2-1-3-7-10/h1-9,13,15H. The molecule has 0 spiro atoms. The Morgan fingerprint density at radius 3 is 2.13 bits per heavy atom. The molecule has 15 heavy (non-hydrogen) atoms. The topological polar surface area (TPSA) is 0 Å². The van der Waals surface area contributed by atoms with Crippen LogP contribution < -0.4 is 0 Å². The maximum Gasteiger partial charge on any atom is 0.127 e. The van der Waals surface area contributed by atoms with E-state index in [0.29, 0.717) is 5.56 Å². The van der Waals surface area contributed by atoms with Gasteiger partial charge in [0.1, 0.15) is 5.82 Å². The lowest BCUT2D eigenvalue weighted by Gasteiger charge is -2.11. The summed E-state index contributed by atoms with van der Waals surface area (Å²) in [5.74, 6) is -0.207. The monoisotopic (exact) mass is 218 g/mol. The van der Waals surface area contributed by atoms with Crippen molar-refractivity contribution >= 4 is 12.6 Å². The molecule has 0 heterocycles. The molecular formula is C13H11FS. The molecule has 2 rings (SSSR count). The van der Waals surface area contributed by atoms with Crippen molar-refractivity contribution in [3.63, 3.8) is 0 Å². The molecule has 0 fully saturated rings. The van der Waals surface area contributed by atoms with Gasteiger partial charge in [-0.3, -0.25) is 0 Å². The summed E-state index contributed by atoms with van der Waals surface area (Å²) in [7, 11) is 0. The average Bonchev–Trinajstić information content (AvgIpc) is 2.30. The number of halogens is 1. The van der Waals surface area contributed by atoms with Crippen LogP contribution in [0.25, 0.3) is 0 Å². The fraction of sp³-hybridized carbons (Fsp3) is 0.0769. The summed E-state index contributed by atoms with van der Waals surface area (Å²) in [5, 5.41) is -0.201. The molecule has 1 atom stereocenters. The lowest BCUT2D eigenvalue weighted by Crippen LogP contribution is -1.96. The van der Waals surface area contributed by atoms with Crippen molar-refractivity contribution in [1.82, 2.24) is 0 Å². The molecule has 2 aromatic carbocycles. The first-order chi connectivity index (χ1) is 7.29. The van der Waals surface area contributed by atoms with E-state index in [1.165, 1.54) is 6.07 Å². The molecule has 0 aliphatic rings. The van der Waals surface area contributed by atoms with Gasteiger partial charge in [-0.2, -0.15) is 12.6 Å². The third kappa shape index (κ3) is 2.21. The fourth-order valence-corrected chi connectivity index (χ4v) is 1.89. The second-order valence-electron chi connectivity index (χ2n) is 3.33. The van der Waals surface area contributed by atoms with Crippen LogP contribution >= 0.6 is 12.6 Å². The van der Waals surface area contributed by atoms with E-state index < -0.39 is 0 Å². The number of hydrogen-bond donors (Lipinski definition) is 1. The molecular weight excluding hydrogens is 207 g/mol. The van der Waals surface area contributed by atoms with E-state index in [2.05, 4.69) is 12.6 Å². The van der Waals surface area contributed by atoms with Gasteiger partial charge in [-0.05, 0) is 11.6 Å². The highest BCUT2D eigenvalue weighted by molar-refractivity contribution is 7.80. The summed E-state index contributed by atoms with van der Waals surface area (Å²) in [6, 6.07) is 16.4. The predicted molar refractivity (Wildman–Crippen MR) is 63.7 cm³/mol. The Balaban J connectivity index is 2.37. The van der Waals surface area contributed by atoms with E-state index in [1.807, 2.05) is 36.4 Å². The van der Waals surface area contributed by atoms with E-state index >= 15 is 0 Å². The molecule has 0 bridgehead atoms. The van der Waals surface area contributed by atoms with Gasteiger partial charge in [0.25, 0.3) is 0 Å². The Labute approximate surface area is 94.2 Å². The summed E-state index contributed by atoms with van der Waals surface area (Å²) in [4.78, 5) is 0. The zero-order valence-corrected chi connectivity index (χ0v) is 8.99. The van der Waals surface area contributed by atoms with Crippen molar-refractivity contribution in [3.05, 3.63) is 71.5 Å². The first-order valence-corrected chi connectivity index (χ1v) is 5.28. The van der Waals surface area contributed by atoms with Crippen LogP contribution in [0.1, 0.15) is 16.4 Å². The van der Waals surface area contributed by atoms with E-state index in [-0.39, 0.29) is 11.1 Å². The molecule has 1 unspecified atom stereocenters. The molecule has 76 valence electrons. The summed E-state index contributed by atoms with van der Waals surface area (Å²) in [5.41, 5.74) is 1.62. The van der Waals surface area contributed by atoms with Gasteiger partial charge < -0.3 is 0 Å². The van der Waals surface area contributed by atoms with Crippen LogP contribution in [0.2, 0.25) is 0 Å². The van der Waals surface area contributed by atoms with Crippen LogP contribution in [0.15, 0.2) is 54.6 Å².